The van der Waals surface area contributed by atoms with Gasteiger partial charge in [0.2, 0.25) is 0 Å². The zero-order chi connectivity index (χ0) is 14.9. The van der Waals surface area contributed by atoms with Crippen LogP contribution in [0.2, 0.25) is 0 Å². The van der Waals surface area contributed by atoms with E-state index >= 15 is 0 Å². The molecule has 0 saturated carbocycles. The van der Waals surface area contributed by atoms with Crippen molar-refractivity contribution in [1.29, 1.82) is 0 Å². The largest absolute Gasteiger partial charge is 0.396 e. The van der Waals surface area contributed by atoms with Crippen molar-refractivity contribution < 1.29 is 12.8 Å². The second-order valence-electron chi connectivity index (χ2n) is 4.44. The van der Waals surface area contributed by atoms with E-state index < -0.39 is 15.8 Å². The van der Waals surface area contributed by atoms with Gasteiger partial charge in [0.05, 0.1) is 22.5 Å². The monoisotopic (exact) mass is 295 g/mol. The maximum atomic E-state index is 13.2. The van der Waals surface area contributed by atoms with Gasteiger partial charge in [0, 0.05) is 6.20 Å². The minimum atomic E-state index is -3.84. The summed E-state index contributed by atoms with van der Waals surface area (Å²) in [6.07, 6.45) is 2.78. The summed E-state index contributed by atoms with van der Waals surface area (Å²) in [5, 5.41) is 0. The standard InChI is InChI=1S/C13H14FN3O2S/c1-8-5-10(14)6-9(2)13(8)20(18,19)17-12-3-4-16-7-11(12)15/h3-7H,15H2,1-2H3,(H,16,17). The number of nitrogens with one attached hydrogen (secondary N) is 1. The molecular formula is C13H14FN3O2S. The molecular weight excluding hydrogens is 281 g/mol. The van der Waals surface area contributed by atoms with Gasteiger partial charge in [-0.15, -0.1) is 0 Å². The lowest BCUT2D eigenvalue weighted by Gasteiger charge is -2.14. The summed E-state index contributed by atoms with van der Waals surface area (Å²) in [7, 11) is -3.84. The smallest absolute Gasteiger partial charge is 0.262 e. The third-order valence-electron chi connectivity index (χ3n) is 2.79. The quantitative estimate of drug-likeness (QED) is 0.909. The number of aromatic nitrogens is 1. The van der Waals surface area contributed by atoms with Gasteiger partial charge in [-0.1, -0.05) is 0 Å². The minimum Gasteiger partial charge on any atom is -0.396 e. The van der Waals surface area contributed by atoms with Crippen molar-refractivity contribution >= 4 is 21.4 Å². The number of halogens is 1. The molecule has 3 N–H and O–H groups in total. The Morgan fingerprint density at radius 1 is 1.25 bits per heavy atom. The van der Waals surface area contributed by atoms with Crippen LogP contribution in [-0.2, 0) is 10.0 Å². The van der Waals surface area contributed by atoms with E-state index in [0.717, 1.165) is 0 Å². The van der Waals surface area contributed by atoms with Crippen LogP contribution in [0.1, 0.15) is 11.1 Å². The van der Waals surface area contributed by atoms with E-state index in [1.54, 1.807) is 13.8 Å². The van der Waals surface area contributed by atoms with Crippen molar-refractivity contribution in [2.45, 2.75) is 18.7 Å². The predicted octanol–water partition coefficient (Wildman–Crippen LogP) is 2.22. The molecule has 106 valence electrons. The highest BCUT2D eigenvalue weighted by molar-refractivity contribution is 7.92. The molecule has 0 fully saturated rings. The van der Waals surface area contributed by atoms with Gasteiger partial charge in [0.25, 0.3) is 10.0 Å². The maximum Gasteiger partial charge on any atom is 0.262 e. The lowest BCUT2D eigenvalue weighted by atomic mass is 10.1. The van der Waals surface area contributed by atoms with Crippen LogP contribution in [0, 0.1) is 19.7 Å². The summed E-state index contributed by atoms with van der Waals surface area (Å²) >= 11 is 0. The SMILES string of the molecule is Cc1cc(F)cc(C)c1S(=O)(=O)Nc1ccncc1N. The zero-order valence-electron chi connectivity index (χ0n) is 11.0. The Morgan fingerprint density at radius 3 is 2.40 bits per heavy atom. The van der Waals surface area contributed by atoms with Crippen molar-refractivity contribution in [3.63, 3.8) is 0 Å². The molecule has 20 heavy (non-hydrogen) atoms. The first-order valence-corrected chi connectivity index (χ1v) is 7.28. The summed E-state index contributed by atoms with van der Waals surface area (Å²) in [6, 6.07) is 3.82. The molecule has 0 aliphatic carbocycles. The lowest BCUT2D eigenvalue weighted by Crippen LogP contribution is -2.17. The summed E-state index contributed by atoms with van der Waals surface area (Å²) < 4.78 is 40.4. The minimum absolute atomic E-state index is 0.0510. The highest BCUT2D eigenvalue weighted by atomic mass is 32.2. The number of hydrogen-bond donors (Lipinski definition) is 2. The zero-order valence-corrected chi connectivity index (χ0v) is 11.8. The first-order valence-electron chi connectivity index (χ1n) is 5.80. The van der Waals surface area contributed by atoms with Crippen molar-refractivity contribution in [1.82, 2.24) is 4.98 Å². The molecule has 0 spiro atoms. The second-order valence-corrected chi connectivity index (χ2v) is 6.06. The molecule has 1 aromatic heterocycles. The van der Waals surface area contributed by atoms with Gasteiger partial charge < -0.3 is 5.73 Å². The molecule has 0 amide bonds. The van der Waals surface area contributed by atoms with Gasteiger partial charge in [-0.2, -0.15) is 0 Å². The van der Waals surface area contributed by atoms with E-state index in [4.69, 9.17) is 5.73 Å². The fourth-order valence-corrected chi connectivity index (χ4v) is 3.56. The lowest BCUT2D eigenvalue weighted by molar-refractivity contribution is 0.597. The Hall–Kier alpha value is -2.15. The average Bonchev–Trinajstić information content (AvgIpc) is 2.30. The Morgan fingerprint density at radius 2 is 1.85 bits per heavy atom. The van der Waals surface area contributed by atoms with Gasteiger partial charge in [0.1, 0.15) is 5.82 Å². The number of nitrogen functional groups attached to an aromatic ring is 1. The topological polar surface area (TPSA) is 85.1 Å². The van der Waals surface area contributed by atoms with Crippen LogP contribution < -0.4 is 10.5 Å². The molecule has 0 saturated heterocycles. The van der Waals surface area contributed by atoms with Crippen LogP contribution >= 0.6 is 0 Å². The number of sulfonamides is 1. The van der Waals surface area contributed by atoms with Crippen LogP contribution in [0.5, 0.6) is 0 Å². The molecule has 5 nitrogen and oxygen atoms in total. The number of hydrogen-bond acceptors (Lipinski definition) is 4. The maximum absolute atomic E-state index is 13.2. The molecule has 1 aromatic carbocycles. The van der Waals surface area contributed by atoms with E-state index in [1.807, 2.05) is 0 Å². The summed E-state index contributed by atoms with van der Waals surface area (Å²) in [6.45, 7) is 3.08. The number of aryl methyl sites for hydroxylation is 2. The van der Waals surface area contributed by atoms with Gasteiger partial charge >= 0.3 is 0 Å². The number of pyridine rings is 1. The first-order chi connectivity index (χ1) is 9.31. The molecule has 1 heterocycles. The molecule has 7 heteroatoms. The van der Waals surface area contributed by atoms with Gasteiger partial charge in [-0.3, -0.25) is 9.71 Å². The van der Waals surface area contributed by atoms with Crippen LogP contribution in [-0.4, -0.2) is 13.4 Å². The predicted molar refractivity (Wildman–Crippen MR) is 75.3 cm³/mol. The van der Waals surface area contributed by atoms with Gasteiger partial charge in [-0.05, 0) is 43.2 Å². The summed E-state index contributed by atoms with van der Waals surface area (Å²) in [5.74, 6) is -0.470. The Kier molecular flexibility index (Phi) is 3.63. The first kappa shape index (κ1) is 14.3. The van der Waals surface area contributed by atoms with E-state index in [1.165, 1.54) is 30.6 Å². The molecule has 0 atom stereocenters. The summed E-state index contributed by atoms with van der Waals surface area (Å²) in [5.41, 5.74) is 6.78. The van der Waals surface area contributed by atoms with Crippen molar-refractivity contribution in [3.05, 3.63) is 47.5 Å². The third kappa shape index (κ3) is 2.72. The summed E-state index contributed by atoms with van der Waals surface area (Å²) in [4.78, 5) is 3.84. The van der Waals surface area contributed by atoms with Crippen LogP contribution in [0.25, 0.3) is 0 Å². The van der Waals surface area contributed by atoms with Crippen molar-refractivity contribution in [3.8, 4) is 0 Å². The van der Waals surface area contributed by atoms with Gasteiger partial charge in [0.15, 0.2) is 0 Å². The Balaban J connectivity index is 2.50. The second kappa shape index (κ2) is 5.09. The third-order valence-corrected chi connectivity index (χ3v) is 4.46. The molecule has 0 unspecified atom stereocenters. The molecule has 0 aliphatic heterocycles. The molecule has 2 rings (SSSR count). The van der Waals surface area contributed by atoms with Crippen molar-refractivity contribution in [2.75, 3.05) is 10.5 Å². The molecule has 2 aromatic rings. The number of benzene rings is 1. The highest BCUT2D eigenvalue weighted by Crippen LogP contribution is 2.25. The number of rotatable bonds is 3. The average molecular weight is 295 g/mol. The number of anilines is 2. The van der Waals surface area contributed by atoms with E-state index in [9.17, 15) is 12.8 Å². The molecule has 0 aliphatic rings. The number of nitrogens with zero attached hydrogens (tertiary/aromatic N) is 1. The van der Waals surface area contributed by atoms with E-state index in [2.05, 4.69) is 9.71 Å². The fraction of sp³-hybridized carbons (Fsp3) is 0.154. The normalized spacial score (nSPS) is 11.3. The molecule has 0 radical (unpaired) electrons. The number of nitrogens with two attached hydrogens (primary N) is 1. The Bertz CT molecular complexity index is 737. The van der Waals surface area contributed by atoms with Crippen LogP contribution in [0.3, 0.4) is 0 Å². The Labute approximate surface area is 116 Å². The van der Waals surface area contributed by atoms with Gasteiger partial charge in [-0.25, -0.2) is 12.8 Å². The van der Waals surface area contributed by atoms with Crippen LogP contribution in [0.15, 0.2) is 35.5 Å². The van der Waals surface area contributed by atoms with E-state index in [0.29, 0.717) is 11.1 Å². The van der Waals surface area contributed by atoms with Crippen LogP contribution in [0.4, 0.5) is 15.8 Å². The van der Waals surface area contributed by atoms with Crippen molar-refractivity contribution in [2.24, 2.45) is 0 Å². The molecule has 0 bridgehead atoms. The van der Waals surface area contributed by atoms with E-state index in [-0.39, 0.29) is 16.3 Å². The highest BCUT2D eigenvalue weighted by Gasteiger charge is 2.21. The fourth-order valence-electron chi connectivity index (χ4n) is 2.02.